The van der Waals surface area contributed by atoms with Crippen LogP contribution < -0.4 is 0 Å². The summed E-state index contributed by atoms with van der Waals surface area (Å²) < 4.78 is 0. The molecule has 0 amide bonds. The number of unbranched alkanes of at least 4 members (excludes halogenated alkanes) is 8. The van der Waals surface area contributed by atoms with Gasteiger partial charge in [0.25, 0.3) is 0 Å². The van der Waals surface area contributed by atoms with E-state index in [0.717, 1.165) is 0 Å². The number of nitrogens with zero attached hydrogens (tertiary/aromatic N) is 3. The Morgan fingerprint density at radius 3 is 1.71 bits per heavy atom. The van der Waals surface area contributed by atoms with Crippen LogP contribution in [-0.2, 0) is 0 Å². The summed E-state index contributed by atoms with van der Waals surface area (Å²) in [6.45, 7) is 8.42. The highest BCUT2D eigenvalue weighted by Gasteiger charge is 2.14. The lowest BCUT2D eigenvalue weighted by atomic mass is 10.00. The van der Waals surface area contributed by atoms with Crippen molar-refractivity contribution in [3.8, 4) is 0 Å². The Kier molecular flexibility index (Phi) is 14.9. The van der Waals surface area contributed by atoms with Crippen LogP contribution in [-0.4, -0.2) is 18.1 Å². The average molecular weight is 296 g/mol. The number of hydrogen-bond donors (Lipinski definition) is 0. The molecule has 0 unspecified atom stereocenters. The first-order valence-corrected chi connectivity index (χ1v) is 9.00. The van der Waals surface area contributed by atoms with E-state index in [2.05, 4.69) is 30.8 Å². The molecule has 0 aliphatic rings. The Balaban J connectivity index is 4.10. The van der Waals surface area contributed by atoms with Crippen LogP contribution in [0.4, 0.5) is 0 Å². The molecular formula is C18H37N3. The largest absolute Gasteiger partial charge is 0.252 e. The summed E-state index contributed by atoms with van der Waals surface area (Å²) in [6.07, 6.45) is 17.6. The third-order valence-electron chi connectivity index (χ3n) is 4.04. The maximum atomic E-state index is 4.21. The van der Waals surface area contributed by atoms with Gasteiger partial charge in [0.15, 0.2) is 0 Å². The van der Waals surface area contributed by atoms with E-state index in [1.165, 1.54) is 77.0 Å². The first kappa shape index (κ1) is 20.1. The fourth-order valence-electron chi connectivity index (χ4n) is 2.74. The average Bonchev–Trinajstić information content (AvgIpc) is 2.50. The maximum absolute atomic E-state index is 4.21. The summed E-state index contributed by atoms with van der Waals surface area (Å²) in [5, 5.41) is 10.1. The molecule has 3 heteroatoms. The van der Waals surface area contributed by atoms with Gasteiger partial charge in [-0.3, -0.25) is 5.01 Å². The second-order valence-corrected chi connectivity index (χ2v) is 5.91. The smallest absolute Gasteiger partial charge is 0.0535 e. The van der Waals surface area contributed by atoms with Crippen LogP contribution >= 0.6 is 0 Å². The topological polar surface area (TPSA) is 28.0 Å². The molecule has 0 atom stereocenters. The Bertz CT molecular complexity index is 237. The summed E-state index contributed by atoms with van der Waals surface area (Å²) in [5.41, 5.74) is 0. The fraction of sp³-hybridized carbons (Fsp3) is 0.889. The Morgan fingerprint density at radius 1 is 0.857 bits per heavy atom. The van der Waals surface area contributed by atoms with E-state index in [1.54, 1.807) is 7.05 Å². The highest BCUT2D eigenvalue weighted by atomic mass is 15.5. The van der Waals surface area contributed by atoms with Gasteiger partial charge in [0.2, 0.25) is 0 Å². The van der Waals surface area contributed by atoms with Gasteiger partial charge in [0.05, 0.1) is 13.1 Å². The highest BCUT2D eigenvalue weighted by Crippen LogP contribution is 2.19. The van der Waals surface area contributed by atoms with E-state index < -0.39 is 0 Å². The van der Waals surface area contributed by atoms with E-state index in [-0.39, 0.29) is 0 Å². The predicted molar refractivity (Wildman–Crippen MR) is 93.4 cm³/mol. The van der Waals surface area contributed by atoms with Crippen molar-refractivity contribution < 1.29 is 0 Å². The Hall–Kier alpha value is -0.860. The lowest BCUT2D eigenvalue weighted by Crippen LogP contribution is -2.25. The third-order valence-corrected chi connectivity index (χ3v) is 4.04. The fourth-order valence-corrected chi connectivity index (χ4v) is 2.74. The molecule has 0 aliphatic carbocycles. The predicted octanol–water partition coefficient (Wildman–Crippen LogP) is 6.52. The molecule has 0 fully saturated rings. The molecule has 3 nitrogen and oxygen atoms in total. The third kappa shape index (κ3) is 11.5. The van der Waals surface area contributed by atoms with Crippen LogP contribution in [0.3, 0.4) is 0 Å². The SMILES string of the molecule is C=CN(N=NC)C(CCCCCCC)CCCCCCC. The first-order chi connectivity index (χ1) is 10.3. The van der Waals surface area contributed by atoms with E-state index in [4.69, 9.17) is 0 Å². The van der Waals surface area contributed by atoms with E-state index in [1.807, 2.05) is 11.2 Å². The monoisotopic (exact) mass is 295 g/mol. The van der Waals surface area contributed by atoms with Crippen molar-refractivity contribution in [1.82, 2.24) is 5.01 Å². The van der Waals surface area contributed by atoms with Crippen LogP contribution in [0.25, 0.3) is 0 Å². The minimum atomic E-state index is 0.481. The van der Waals surface area contributed by atoms with Crippen molar-refractivity contribution in [2.75, 3.05) is 7.05 Å². The van der Waals surface area contributed by atoms with Gasteiger partial charge < -0.3 is 0 Å². The second kappa shape index (κ2) is 15.5. The zero-order valence-corrected chi connectivity index (χ0v) is 14.7. The molecular weight excluding hydrogens is 258 g/mol. The van der Waals surface area contributed by atoms with E-state index >= 15 is 0 Å². The van der Waals surface area contributed by atoms with Gasteiger partial charge in [0, 0.05) is 6.20 Å². The maximum Gasteiger partial charge on any atom is 0.0535 e. The van der Waals surface area contributed by atoms with E-state index in [0.29, 0.717) is 6.04 Å². The molecule has 124 valence electrons. The van der Waals surface area contributed by atoms with Crippen molar-refractivity contribution in [3.63, 3.8) is 0 Å². The van der Waals surface area contributed by atoms with Crippen LogP contribution in [0.5, 0.6) is 0 Å². The van der Waals surface area contributed by atoms with Gasteiger partial charge in [-0.15, -0.1) is 0 Å². The van der Waals surface area contributed by atoms with E-state index in [9.17, 15) is 0 Å². The lowest BCUT2D eigenvalue weighted by Gasteiger charge is -2.25. The molecule has 0 saturated heterocycles. The summed E-state index contributed by atoms with van der Waals surface area (Å²) >= 11 is 0. The summed E-state index contributed by atoms with van der Waals surface area (Å²) in [7, 11) is 1.73. The molecule has 0 heterocycles. The number of rotatable bonds is 15. The van der Waals surface area contributed by atoms with Gasteiger partial charge in [-0.1, -0.05) is 89.9 Å². The molecule has 0 spiro atoms. The summed E-state index contributed by atoms with van der Waals surface area (Å²) in [6, 6.07) is 0.481. The molecule has 0 saturated carbocycles. The zero-order valence-electron chi connectivity index (χ0n) is 14.7. The van der Waals surface area contributed by atoms with Crippen molar-refractivity contribution in [3.05, 3.63) is 12.8 Å². The van der Waals surface area contributed by atoms with Crippen molar-refractivity contribution >= 4 is 0 Å². The molecule has 0 aromatic carbocycles. The molecule has 0 aromatic rings. The normalized spacial score (nSPS) is 11.4. The molecule has 0 bridgehead atoms. The lowest BCUT2D eigenvalue weighted by molar-refractivity contribution is 0.233. The molecule has 0 rings (SSSR count). The summed E-state index contributed by atoms with van der Waals surface area (Å²) in [5.74, 6) is 0. The molecule has 0 aromatic heterocycles. The summed E-state index contributed by atoms with van der Waals surface area (Å²) in [4.78, 5) is 0. The van der Waals surface area contributed by atoms with Crippen LogP contribution in [0, 0.1) is 0 Å². The Labute approximate surface area is 132 Å². The second-order valence-electron chi connectivity index (χ2n) is 5.91. The Morgan fingerprint density at radius 2 is 1.33 bits per heavy atom. The van der Waals surface area contributed by atoms with Crippen molar-refractivity contribution in [2.24, 2.45) is 10.3 Å². The minimum absolute atomic E-state index is 0.481. The minimum Gasteiger partial charge on any atom is -0.252 e. The van der Waals surface area contributed by atoms with Crippen LogP contribution in [0.15, 0.2) is 23.1 Å². The van der Waals surface area contributed by atoms with Gasteiger partial charge >= 0.3 is 0 Å². The van der Waals surface area contributed by atoms with Gasteiger partial charge in [0.1, 0.15) is 0 Å². The van der Waals surface area contributed by atoms with Crippen LogP contribution in [0.1, 0.15) is 90.9 Å². The van der Waals surface area contributed by atoms with Gasteiger partial charge in [-0.2, -0.15) is 5.11 Å². The molecule has 21 heavy (non-hydrogen) atoms. The first-order valence-electron chi connectivity index (χ1n) is 9.00. The molecule has 0 N–H and O–H groups in total. The molecule has 0 aliphatic heterocycles. The van der Waals surface area contributed by atoms with Gasteiger partial charge in [-0.05, 0) is 12.8 Å². The highest BCUT2D eigenvalue weighted by molar-refractivity contribution is 4.76. The zero-order chi connectivity index (χ0) is 15.8. The van der Waals surface area contributed by atoms with Gasteiger partial charge in [-0.25, -0.2) is 0 Å². The van der Waals surface area contributed by atoms with Crippen LogP contribution in [0.2, 0.25) is 0 Å². The van der Waals surface area contributed by atoms with Crippen molar-refractivity contribution in [2.45, 2.75) is 96.9 Å². The standard InChI is InChI=1S/C18H37N3/c1-5-8-10-12-14-16-18(21(7-3)20-19-4)17-15-13-11-9-6-2/h7,18H,3,5-6,8-17H2,1-2,4H3. The number of hydrogen-bond acceptors (Lipinski definition) is 2. The molecule has 0 radical (unpaired) electrons. The quantitative estimate of drug-likeness (QED) is 0.192. The van der Waals surface area contributed by atoms with Crippen molar-refractivity contribution in [1.29, 1.82) is 0 Å².